The molecule has 0 aliphatic rings. The lowest BCUT2D eigenvalue weighted by Crippen LogP contribution is -2.11. The number of hydrogen-bond donors (Lipinski definition) is 0. The van der Waals surface area contributed by atoms with Gasteiger partial charge in [-0.2, -0.15) is 0 Å². The number of rotatable bonds is 7. The summed E-state index contributed by atoms with van der Waals surface area (Å²) in [4.78, 5) is 15.7. The lowest BCUT2D eigenvalue weighted by atomic mass is 10.00. The first-order valence-electron chi connectivity index (χ1n) is 16.6. The molecule has 0 aliphatic carbocycles. The monoisotopic (exact) mass is 643 g/mol. The Morgan fingerprint density at radius 2 is 1.32 bits per heavy atom. The van der Waals surface area contributed by atoms with Crippen LogP contribution in [0.2, 0.25) is 0 Å². The lowest BCUT2D eigenvalue weighted by Gasteiger charge is -2.29. The number of aryl methyl sites for hydroxylation is 1. The Morgan fingerprint density at radius 1 is 0.580 bits per heavy atom. The first-order valence-corrected chi connectivity index (χ1v) is 16.6. The summed E-state index contributed by atoms with van der Waals surface area (Å²) in [5.41, 5.74) is 12.9. The molecule has 5 aromatic carbocycles. The third kappa shape index (κ3) is 5.59. The molecule has 0 aliphatic heterocycles. The number of benzene rings is 5. The van der Waals surface area contributed by atoms with Crippen LogP contribution in [0.1, 0.15) is 11.3 Å². The van der Waals surface area contributed by atoms with Crippen molar-refractivity contribution in [3.05, 3.63) is 187 Å². The zero-order chi connectivity index (χ0) is 34.0. The van der Waals surface area contributed by atoms with E-state index < -0.39 is 0 Å². The highest BCUT2D eigenvalue weighted by Gasteiger charge is 2.21. The van der Waals surface area contributed by atoms with Crippen molar-refractivity contribution in [1.82, 2.24) is 14.5 Å². The number of fused-ring (bicyclic) bond motifs is 1. The minimum atomic E-state index is 0.538. The molecule has 5 nitrogen and oxygen atoms in total. The van der Waals surface area contributed by atoms with Crippen LogP contribution in [-0.4, -0.2) is 14.5 Å². The molecule has 8 rings (SSSR count). The van der Waals surface area contributed by atoms with Crippen molar-refractivity contribution in [2.24, 2.45) is 0 Å². The Hall–Kier alpha value is -6.77. The highest BCUT2D eigenvalue weighted by molar-refractivity contribution is 5.95. The smallest absolute Gasteiger partial charge is 0.189 e. The van der Waals surface area contributed by atoms with E-state index in [0.29, 0.717) is 5.69 Å². The molecule has 5 heteroatoms. The number of pyridine rings is 2. The highest BCUT2D eigenvalue weighted by atomic mass is 15.2. The fraction of sp³-hybridized carbons (Fsp3) is 0.0444. The van der Waals surface area contributed by atoms with Crippen LogP contribution < -0.4 is 4.90 Å². The van der Waals surface area contributed by atoms with E-state index in [0.717, 1.165) is 67.6 Å². The molecular formula is C45H33N5. The second kappa shape index (κ2) is 13.0. The van der Waals surface area contributed by atoms with Crippen molar-refractivity contribution >= 4 is 33.7 Å². The van der Waals surface area contributed by atoms with Gasteiger partial charge in [0.25, 0.3) is 0 Å². The SMILES string of the molecule is [C-]#[N+]c1cc(-c2cc(-c3ccccc3)ccn2)cc(N(c2ccc3c(C)c(C)n(-c4ccccn4)c3c2)c2ccccc2-c2ccccc2)c1. The fourth-order valence-corrected chi connectivity index (χ4v) is 6.78. The van der Waals surface area contributed by atoms with Crippen molar-refractivity contribution in [1.29, 1.82) is 0 Å². The van der Waals surface area contributed by atoms with Crippen LogP contribution in [0.3, 0.4) is 0 Å². The van der Waals surface area contributed by atoms with Crippen LogP contribution in [0.5, 0.6) is 0 Å². The molecule has 0 unspecified atom stereocenters. The summed E-state index contributed by atoms with van der Waals surface area (Å²) < 4.78 is 2.23. The van der Waals surface area contributed by atoms with Gasteiger partial charge in [-0.1, -0.05) is 91.0 Å². The predicted molar refractivity (Wildman–Crippen MR) is 206 cm³/mol. The van der Waals surface area contributed by atoms with Crippen molar-refractivity contribution in [3.63, 3.8) is 0 Å². The second-order valence-electron chi connectivity index (χ2n) is 12.3. The van der Waals surface area contributed by atoms with Gasteiger partial charge in [-0.15, -0.1) is 0 Å². The molecule has 0 radical (unpaired) electrons. The largest absolute Gasteiger partial charge is 0.311 e. The number of nitrogens with zero attached hydrogens (tertiary/aromatic N) is 5. The maximum Gasteiger partial charge on any atom is 0.189 e. The van der Waals surface area contributed by atoms with Crippen LogP contribution >= 0.6 is 0 Å². The summed E-state index contributed by atoms with van der Waals surface area (Å²) in [5, 5.41) is 1.17. The predicted octanol–water partition coefficient (Wildman–Crippen LogP) is 12.1. The summed E-state index contributed by atoms with van der Waals surface area (Å²) in [6.07, 6.45) is 3.68. The summed E-state index contributed by atoms with van der Waals surface area (Å²) in [6, 6.07) is 52.0. The van der Waals surface area contributed by atoms with E-state index in [9.17, 15) is 0 Å². The van der Waals surface area contributed by atoms with E-state index in [4.69, 9.17) is 16.5 Å². The van der Waals surface area contributed by atoms with E-state index in [1.807, 2.05) is 73.1 Å². The first kappa shape index (κ1) is 30.6. The van der Waals surface area contributed by atoms with Gasteiger partial charge in [0.1, 0.15) is 5.82 Å². The molecule has 50 heavy (non-hydrogen) atoms. The summed E-state index contributed by atoms with van der Waals surface area (Å²) in [7, 11) is 0. The van der Waals surface area contributed by atoms with E-state index in [-0.39, 0.29) is 0 Å². The second-order valence-corrected chi connectivity index (χ2v) is 12.3. The van der Waals surface area contributed by atoms with Gasteiger partial charge in [-0.05, 0) is 102 Å². The Morgan fingerprint density at radius 3 is 2.08 bits per heavy atom. The number of anilines is 3. The molecule has 0 bridgehead atoms. The van der Waals surface area contributed by atoms with Crippen molar-refractivity contribution in [2.75, 3.05) is 4.90 Å². The maximum absolute atomic E-state index is 8.14. The molecule has 0 spiro atoms. The Kier molecular flexibility index (Phi) is 7.96. The van der Waals surface area contributed by atoms with Crippen LogP contribution in [0.15, 0.2) is 164 Å². The normalized spacial score (nSPS) is 11.0. The molecular weight excluding hydrogens is 611 g/mol. The summed E-state index contributed by atoms with van der Waals surface area (Å²) >= 11 is 0. The first-order chi connectivity index (χ1) is 24.6. The molecule has 238 valence electrons. The topological polar surface area (TPSA) is 38.3 Å². The molecule has 0 amide bonds. The van der Waals surface area contributed by atoms with Crippen LogP contribution in [0.4, 0.5) is 22.7 Å². The quantitative estimate of drug-likeness (QED) is 0.162. The minimum absolute atomic E-state index is 0.538. The van der Waals surface area contributed by atoms with Gasteiger partial charge in [0, 0.05) is 40.4 Å². The van der Waals surface area contributed by atoms with Crippen LogP contribution in [0.25, 0.3) is 55.1 Å². The van der Waals surface area contributed by atoms with Crippen molar-refractivity contribution in [2.45, 2.75) is 13.8 Å². The van der Waals surface area contributed by atoms with E-state index in [1.54, 1.807) is 0 Å². The third-order valence-electron chi connectivity index (χ3n) is 9.32. The van der Waals surface area contributed by atoms with E-state index >= 15 is 0 Å². The van der Waals surface area contributed by atoms with Gasteiger partial charge in [0.2, 0.25) is 0 Å². The average molecular weight is 644 g/mol. The Balaban J connectivity index is 1.37. The van der Waals surface area contributed by atoms with Crippen molar-refractivity contribution < 1.29 is 0 Å². The zero-order valence-electron chi connectivity index (χ0n) is 27.8. The number of aromatic nitrogens is 3. The molecule has 8 aromatic rings. The van der Waals surface area contributed by atoms with Gasteiger partial charge in [0.15, 0.2) is 5.69 Å². The summed E-state index contributed by atoms with van der Waals surface area (Å²) in [6.45, 7) is 12.5. The minimum Gasteiger partial charge on any atom is -0.311 e. The van der Waals surface area contributed by atoms with Gasteiger partial charge in [-0.25, -0.2) is 9.83 Å². The molecule has 0 fully saturated rings. The molecule has 0 saturated carbocycles. The van der Waals surface area contributed by atoms with Gasteiger partial charge in [-0.3, -0.25) is 9.55 Å². The molecule has 0 N–H and O–H groups in total. The Bertz CT molecular complexity index is 2510. The van der Waals surface area contributed by atoms with Crippen LogP contribution in [-0.2, 0) is 0 Å². The third-order valence-corrected chi connectivity index (χ3v) is 9.32. The van der Waals surface area contributed by atoms with E-state index in [2.05, 4.69) is 119 Å². The average Bonchev–Trinajstić information content (AvgIpc) is 3.44. The summed E-state index contributed by atoms with van der Waals surface area (Å²) in [5.74, 6) is 0.873. The van der Waals surface area contributed by atoms with Gasteiger partial charge >= 0.3 is 0 Å². The van der Waals surface area contributed by atoms with Gasteiger partial charge < -0.3 is 4.90 Å². The van der Waals surface area contributed by atoms with E-state index in [1.165, 1.54) is 10.9 Å². The lowest BCUT2D eigenvalue weighted by molar-refractivity contribution is 0.984. The Labute approximate surface area is 292 Å². The zero-order valence-corrected chi connectivity index (χ0v) is 27.8. The number of hydrogen-bond acceptors (Lipinski definition) is 3. The fourth-order valence-electron chi connectivity index (χ4n) is 6.78. The van der Waals surface area contributed by atoms with Gasteiger partial charge in [0.05, 0.1) is 23.5 Å². The number of para-hydroxylation sites is 1. The maximum atomic E-state index is 8.14. The van der Waals surface area contributed by atoms with Crippen LogP contribution in [0, 0.1) is 20.4 Å². The molecule has 3 heterocycles. The molecule has 0 atom stereocenters. The standard InChI is InChI=1S/C45H33N5/c1-31-32(2)49(45-20-12-13-24-48-45)44-30-38(21-22-40(31)44)50(43-19-11-10-18-41(43)34-16-8-5-9-17-34)39-27-36(26-37(29-39)46-3)42-28-35(23-25-47-42)33-14-6-4-7-15-33/h4-30H,1-2H3. The molecule has 0 saturated heterocycles. The molecule has 3 aromatic heterocycles. The highest BCUT2D eigenvalue weighted by Crippen LogP contribution is 2.44. The van der Waals surface area contributed by atoms with Crippen molar-refractivity contribution in [3.8, 4) is 39.3 Å².